The number of halogens is 1. The summed E-state index contributed by atoms with van der Waals surface area (Å²) >= 11 is 0. The Bertz CT molecular complexity index is 883. The molecule has 2 N–H and O–H groups in total. The van der Waals surface area contributed by atoms with Gasteiger partial charge >= 0.3 is 12.1 Å². The number of hydrogen-bond acceptors (Lipinski definition) is 5. The molecular weight excluding hydrogens is 451 g/mol. The van der Waals surface area contributed by atoms with Crippen molar-refractivity contribution in [2.45, 2.75) is 101 Å². The molecule has 3 amide bonds. The third-order valence-corrected chi connectivity index (χ3v) is 9.80. The molecule has 5 heterocycles. The first kappa shape index (κ1) is 23.5. The molecule has 4 fully saturated rings. The van der Waals surface area contributed by atoms with Crippen molar-refractivity contribution in [3.8, 4) is 0 Å². The van der Waals surface area contributed by atoms with Gasteiger partial charge in [0.15, 0.2) is 0 Å². The minimum Gasteiger partial charge on any atom is -0.444 e. The third-order valence-electron chi connectivity index (χ3n) is 9.80. The number of nitrogens with zero attached hydrogens (tertiary/aromatic N) is 3. The molecule has 1 spiro atoms. The molecule has 6 aliphatic rings. The van der Waals surface area contributed by atoms with Crippen LogP contribution < -0.4 is 5.73 Å². The largest absolute Gasteiger partial charge is 0.444 e. The SMILES string of the molecule is NC(=O)N1CC2(CCN(C3CCC4CCC(C3)N4C(=O)O[C@@H]3CCOC3)CC2)C2=C1CCC(F)C2. The van der Waals surface area contributed by atoms with Crippen LogP contribution in [0, 0.1) is 5.41 Å². The van der Waals surface area contributed by atoms with Crippen LogP contribution in [0.2, 0.25) is 0 Å². The Balaban J connectivity index is 1.11. The van der Waals surface area contributed by atoms with Gasteiger partial charge in [0.05, 0.1) is 13.2 Å². The van der Waals surface area contributed by atoms with E-state index in [1.807, 2.05) is 4.90 Å². The molecule has 4 saturated heterocycles. The van der Waals surface area contributed by atoms with Crippen LogP contribution >= 0.6 is 0 Å². The Morgan fingerprint density at radius 1 is 1.03 bits per heavy atom. The van der Waals surface area contributed by atoms with Crippen molar-refractivity contribution in [3.63, 3.8) is 0 Å². The minimum atomic E-state index is -0.810. The third kappa shape index (κ3) is 4.22. The van der Waals surface area contributed by atoms with Crippen LogP contribution in [0.25, 0.3) is 0 Å². The molecule has 5 atom stereocenters. The number of carbonyl (C=O) groups excluding carboxylic acids is 2. The number of rotatable bonds is 2. The van der Waals surface area contributed by atoms with Gasteiger partial charge in [0.2, 0.25) is 0 Å². The zero-order chi connectivity index (χ0) is 24.2. The number of piperidine rings is 1. The van der Waals surface area contributed by atoms with E-state index in [0.717, 1.165) is 70.2 Å². The van der Waals surface area contributed by atoms with Gasteiger partial charge in [-0.3, -0.25) is 4.90 Å². The fraction of sp³-hybridized carbons (Fsp3) is 0.846. The van der Waals surface area contributed by atoms with E-state index >= 15 is 0 Å². The average Bonchev–Trinajstić information content (AvgIpc) is 3.52. The second-order valence-corrected chi connectivity index (χ2v) is 11.6. The first-order valence-corrected chi connectivity index (χ1v) is 13.7. The molecule has 194 valence electrons. The Kier molecular flexibility index (Phi) is 6.19. The van der Waals surface area contributed by atoms with E-state index in [1.165, 1.54) is 5.57 Å². The summed E-state index contributed by atoms with van der Waals surface area (Å²) in [6.45, 7) is 3.71. The lowest BCUT2D eigenvalue weighted by molar-refractivity contribution is 0.0405. The molecule has 0 aromatic carbocycles. The normalized spacial score (nSPS) is 37.0. The van der Waals surface area contributed by atoms with E-state index in [9.17, 15) is 14.0 Å². The lowest BCUT2D eigenvalue weighted by atomic mass is 9.70. The summed E-state index contributed by atoms with van der Waals surface area (Å²) in [5.74, 6) is 0. The van der Waals surface area contributed by atoms with Crippen molar-refractivity contribution in [2.24, 2.45) is 11.1 Å². The van der Waals surface area contributed by atoms with Gasteiger partial charge in [-0.2, -0.15) is 0 Å². The maximum Gasteiger partial charge on any atom is 0.410 e. The summed E-state index contributed by atoms with van der Waals surface area (Å²) < 4.78 is 25.6. The number of ether oxygens (including phenoxy) is 2. The van der Waals surface area contributed by atoms with Gasteiger partial charge in [0, 0.05) is 48.6 Å². The number of likely N-dealkylation sites (tertiary alicyclic amines) is 1. The zero-order valence-corrected chi connectivity index (χ0v) is 20.6. The van der Waals surface area contributed by atoms with Crippen LogP contribution in [0.4, 0.5) is 14.0 Å². The van der Waals surface area contributed by atoms with Crippen molar-refractivity contribution in [1.82, 2.24) is 14.7 Å². The molecule has 0 aromatic rings. The summed E-state index contributed by atoms with van der Waals surface area (Å²) in [6.07, 6.45) is 8.41. The smallest absolute Gasteiger partial charge is 0.410 e. The number of alkyl halides is 1. The highest BCUT2D eigenvalue weighted by molar-refractivity contribution is 5.75. The van der Waals surface area contributed by atoms with Crippen LogP contribution in [0.5, 0.6) is 0 Å². The zero-order valence-electron chi connectivity index (χ0n) is 20.6. The number of urea groups is 1. The summed E-state index contributed by atoms with van der Waals surface area (Å²) in [5, 5.41) is 0. The number of primary amides is 1. The lowest BCUT2D eigenvalue weighted by Gasteiger charge is -2.45. The van der Waals surface area contributed by atoms with Gasteiger partial charge in [-0.1, -0.05) is 0 Å². The molecule has 35 heavy (non-hydrogen) atoms. The molecule has 0 aromatic heterocycles. The van der Waals surface area contributed by atoms with E-state index in [-0.39, 0.29) is 29.7 Å². The number of fused-ring (bicyclic) bond motifs is 3. The number of hydrogen-bond donors (Lipinski definition) is 1. The van der Waals surface area contributed by atoms with E-state index in [1.54, 1.807) is 4.90 Å². The van der Waals surface area contributed by atoms with Gasteiger partial charge < -0.3 is 25.0 Å². The van der Waals surface area contributed by atoms with Crippen molar-refractivity contribution >= 4 is 12.1 Å². The molecule has 0 saturated carbocycles. The highest BCUT2D eigenvalue weighted by Crippen LogP contribution is 2.52. The summed E-state index contributed by atoms with van der Waals surface area (Å²) in [5.41, 5.74) is 7.77. The molecule has 8 nitrogen and oxygen atoms in total. The number of amides is 3. The van der Waals surface area contributed by atoms with Gasteiger partial charge in [0.25, 0.3) is 0 Å². The monoisotopic (exact) mass is 490 g/mol. The van der Waals surface area contributed by atoms with E-state index in [2.05, 4.69) is 4.90 Å². The Morgan fingerprint density at radius 2 is 1.77 bits per heavy atom. The van der Waals surface area contributed by atoms with Crippen molar-refractivity contribution in [3.05, 3.63) is 11.3 Å². The molecule has 6 rings (SSSR count). The second-order valence-electron chi connectivity index (χ2n) is 11.6. The van der Waals surface area contributed by atoms with Crippen LogP contribution in [0.1, 0.15) is 70.6 Å². The van der Waals surface area contributed by atoms with Crippen LogP contribution in [0.15, 0.2) is 11.3 Å². The number of nitrogens with two attached hydrogens (primary N) is 1. The first-order chi connectivity index (χ1) is 16.9. The van der Waals surface area contributed by atoms with Crippen LogP contribution in [0.3, 0.4) is 0 Å². The topological polar surface area (TPSA) is 88.3 Å². The van der Waals surface area contributed by atoms with Crippen molar-refractivity contribution in [1.29, 1.82) is 0 Å². The van der Waals surface area contributed by atoms with Gasteiger partial charge in [0.1, 0.15) is 12.3 Å². The second kappa shape index (κ2) is 9.21. The standard InChI is InChI=1S/C26H39FN4O4/c27-17-1-6-23-22(13-17)26(16-30(23)24(28)32)8-10-29(11-9-26)19-4-2-18-3-5-20(14-19)31(18)25(33)35-21-7-12-34-15-21/h17-21H,1-16H2,(H2,28,32)/t17?,18?,19?,20?,21-/m1/s1. The lowest BCUT2D eigenvalue weighted by Crippen LogP contribution is -2.49. The molecular formula is C26H39FN4O4. The number of allylic oxidation sites excluding steroid dienone is 1. The molecule has 0 radical (unpaired) electrons. The predicted octanol–water partition coefficient (Wildman–Crippen LogP) is 3.55. The molecule has 1 aliphatic carbocycles. The maximum absolute atomic E-state index is 14.4. The van der Waals surface area contributed by atoms with E-state index in [0.29, 0.717) is 45.1 Å². The summed E-state index contributed by atoms with van der Waals surface area (Å²) in [4.78, 5) is 31.5. The fourth-order valence-corrected chi connectivity index (χ4v) is 7.92. The molecule has 5 aliphatic heterocycles. The van der Waals surface area contributed by atoms with E-state index in [4.69, 9.17) is 15.2 Å². The maximum atomic E-state index is 14.4. The van der Waals surface area contributed by atoms with Crippen molar-refractivity contribution in [2.75, 3.05) is 32.8 Å². The van der Waals surface area contributed by atoms with Gasteiger partial charge in [-0.05, 0) is 76.5 Å². The predicted molar refractivity (Wildman–Crippen MR) is 127 cm³/mol. The summed E-state index contributed by atoms with van der Waals surface area (Å²) in [6, 6.07) is 0.585. The highest BCUT2D eigenvalue weighted by atomic mass is 19.1. The molecule has 2 bridgehead atoms. The summed E-state index contributed by atoms with van der Waals surface area (Å²) in [7, 11) is 0. The van der Waals surface area contributed by atoms with Crippen LogP contribution in [-0.4, -0.2) is 90.1 Å². The number of carbonyl (C=O) groups is 2. The Labute approximate surface area is 206 Å². The van der Waals surface area contributed by atoms with E-state index < -0.39 is 12.2 Å². The molecule has 9 heteroatoms. The highest BCUT2D eigenvalue weighted by Gasteiger charge is 2.50. The first-order valence-electron chi connectivity index (χ1n) is 13.7. The van der Waals surface area contributed by atoms with Crippen LogP contribution in [-0.2, 0) is 9.47 Å². The van der Waals surface area contributed by atoms with Crippen molar-refractivity contribution < 1.29 is 23.5 Å². The quantitative estimate of drug-likeness (QED) is 0.640. The Hall–Kier alpha value is -1.87. The molecule has 4 unspecified atom stereocenters. The van der Waals surface area contributed by atoms with Gasteiger partial charge in [-0.25, -0.2) is 14.0 Å². The van der Waals surface area contributed by atoms with Gasteiger partial charge in [-0.15, -0.1) is 0 Å². The minimum absolute atomic E-state index is 0.103. The fourth-order valence-electron chi connectivity index (χ4n) is 7.92. The average molecular weight is 491 g/mol. The Morgan fingerprint density at radius 3 is 2.49 bits per heavy atom.